The first-order valence-electron chi connectivity index (χ1n) is 2.55. The Morgan fingerprint density at radius 3 is 2.62 bits per heavy atom. The van der Waals surface area contributed by atoms with Crippen LogP contribution in [0.25, 0.3) is 0 Å². The molecule has 8 heavy (non-hydrogen) atoms. The Labute approximate surface area is 48.7 Å². The zero-order valence-electron chi connectivity index (χ0n) is 4.94. The Kier molecular flexibility index (Phi) is 4.50. The highest BCUT2D eigenvalue weighted by Gasteiger charge is 1.88. The van der Waals surface area contributed by atoms with Gasteiger partial charge in [0.1, 0.15) is 5.78 Å². The standard InChI is InChI=1S/C5H10NO2/c1-5(8)4-6-2-3-7/h6H,2-4H2,1H3. The highest BCUT2D eigenvalue weighted by atomic mass is 16.3. The fourth-order valence-electron chi connectivity index (χ4n) is 0.337. The summed E-state index contributed by atoms with van der Waals surface area (Å²) >= 11 is 0. The van der Waals surface area contributed by atoms with Crippen LogP contribution in [0.4, 0.5) is 0 Å². The highest BCUT2D eigenvalue weighted by molar-refractivity contribution is 5.77. The van der Waals surface area contributed by atoms with Gasteiger partial charge in [-0.15, -0.1) is 0 Å². The van der Waals surface area contributed by atoms with E-state index in [9.17, 15) is 9.90 Å². The second-order valence-corrected chi connectivity index (χ2v) is 1.58. The van der Waals surface area contributed by atoms with Crippen molar-refractivity contribution >= 4 is 5.78 Å². The summed E-state index contributed by atoms with van der Waals surface area (Å²) in [6.45, 7) is 2.03. The maximum atomic E-state index is 10.2. The molecule has 0 aromatic carbocycles. The van der Waals surface area contributed by atoms with Gasteiger partial charge in [-0.1, -0.05) is 0 Å². The molecule has 0 bridgehead atoms. The average Bonchev–Trinajstić information content (AvgIpc) is 1.66. The van der Waals surface area contributed by atoms with Crippen LogP contribution in [0.15, 0.2) is 0 Å². The van der Waals surface area contributed by atoms with Gasteiger partial charge in [-0.2, -0.15) is 0 Å². The van der Waals surface area contributed by atoms with E-state index in [4.69, 9.17) is 0 Å². The molecule has 0 spiro atoms. The smallest absolute Gasteiger partial charge is 0.143 e. The summed E-state index contributed by atoms with van der Waals surface area (Å²) in [6.07, 6.45) is 0. The number of rotatable bonds is 4. The third kappa shape index (κ3) is 5.59. The summed E-state index contributed by atoms with van der Waals surface area (Å²) in [4.78, 5) is 10.2. The lowest BCUT2D eigenvalue weighted by molar-refractivity contribution is -0.116. The Morgan fingerprint density at radius 1 is 1.62 bits per heavy atom. The maximum Gasteiger partial charge on any atom is 0.143 e. The molecule has 3 heteroatoms. The summed E-state index contributed by atoms with van der Waals surface area (Å²) in [5.74, 6) is 0.0680. The average molecular weight is 116 g/mol. The molecule has 0 aliphatic heterocycles. The van der Waals surface area contributed by atoms with Crippen molar-refractivity contribution in [3.8, 4) is 0 Å². The molecule has 1 radical (unpaired) electrons. The van der Waals surface area contributed by atoms with E-state index in [-0.39, 0.29) is 12.4 Å². The minimum absolute atomic E-state index is 0.0680. The Balaban J connectivity index is 2.82. The first-order valence-corrected chi connectivity index (χ1v) is 2.55. The number of ketones is 1. The molecule has 0 aromatic heterocycles. The lowest BCUT2D eigenvalue weighted by Gasteiger charge is -1.93. The monoisotopic (exact) mass is 116 g/mol. The minimum Gasteiger partial charge on any atom is -0.308 e. The molecule has 1 N–H and O–H groups in total. The van der Waals surface area contributed by atoms with Crippen LogP contribution in [-0.2, 0) is 9.90 Å². The van der Waals surface area contributed by atoms with Gasteiger partial charge in [0.2, 0.25) is 0 Å². The highest BCUT2D eigenvalue weighted by Crippen LogP contribution is 1.62. The molecule has 0 aliphatic rings. The molecule has 0 heterocycles. The number of carbonyl (C=O) groups is 1. The van der Waals surface area contributed by atoms with Crippen molar-refractivity contribution in [1.29, 1.82) is 0 Å². The molecule has 0 rings (SSSR count). The maximum absolute atomic E-state index is 10.2. The van der Waals surface area contributed by atoms with Gasteiger partial charge in [0, 0.05) is 6.54 Å². The molecule has 0 aliphatic carbocycles. The van der Waals surface area contributed by atoms with Crippen LogP contribution >= 0.6 is 0 Å². The van der Waals surface area contributed by atoms with Crippen LogP contribution in [0, 0.1) is 0 Å². The number of Topliss-reactive ketones (excluding diaryl/α,β-unsaturated/α-hetero) is 1. The molecule has 0 amide bonds. The summed E-state index contributed by atoms with van der Waals surface area (Å²) in [5, 5.41) is 12.4. The molecule has 0 aromatic rings. The van der Waals surface area contributed by atoms with E-state index < -0.39 is 0 Å². The Hall–Kier alpha value is -0.410. The predicted octanol–water partition coefficient (Wildman–Crippen LogP) is -0.405. The molecule has 3 nitrogen and oxygen atoms in total. The van der Waals surface area contributed by atoms with E-state index in [0.29, 0.717) is 13.1 Å². The summed E-state index contributed by atoms with van der Waals surface area (Å²) in [6, 6.07) is 0. The quantitative estimate of drug-likeness (QED) is 0.508. The number of carbonyl (C=O) groups excluding carboxylic acids is 1. The normalized spacial score (nSPS) is 9.25. The fourth-order valence-corrected chi connectivity index (χ4v) is 0.337. The summed E-state index contributed by atoms with van der Waals surface area (Å²) < 4.78 is 0. The molecule has 0 atom stereocenters. The predicted molar refractivity (Wildman–Crippen MR) is 29.1 cm³/mol. The van der Waals surface area contributed by atoms with E-state index in [0.717, 1.165) is 0 Å². The van der Waals surface area contributed by atoms with Crippen molar-refractivity contribution in [1.82, 2.24) is 5.32 Å². The van der Waals surface area contributed by atoms with E-state index in [2.05, 4.69) is 5.32 Å². The van der Waals surface area contributed by atoms with Crippen LogP contribution < -0.4 is 5.32 Å². The molecule has 0 unspecified atom stereocenters. The molecular weight excluding hydrogens is 106 g/mol. The lowest BCUT2D eigenvalue weighted by Crippen LogP contribution is -2.23. The SMILES string of the molecule is CC(=O)CNCC[O]. The lowest BCUT2D eigenvalue weighted by atomic mass is 10.4. The van der Waals surface area contributed by atoms with E-state index in [1.54, 1.807) is 0 Å². The minimum atomic E-state index is -0.159. The van der Waals surface area contributed by atoms with Crippen LogP contribution in [-0.4, -0.2) is 25.5 Å². The van der Waals surface area contributed by atoms with E-state index >= 15 is 0 Å². The first kappa shape index (κ1) is 7.59. The van der Waals surface area contributed by atoms with Gasteiger partial charge in [0.25, 0.3) is 0 Å². The summed E-state index contributed by atoms with van der Waals surface area (Å²) in [7, 11) is 0. The van der Waals surface area contributed by atoms with Crippen LogP contribution in [0.2, 0.25) is 0 Å². The van der Waals surface area contributed by atoms with Crippen molar-refractivity contribution in [2.24, 2.45) is 0 Å². The van der Waals surface area contributed by atoms with Gasteiger partial charge in [0.05, 0.1) is 13.2 Å². The summed E-state index contributed by atoms with van der Waals surface area (Å²) in [5.41, 5.74) is 0. The van der Waals surface area contributed by atoms with Crippen molar-refractivity contribution < 1.29 is 9.90 Å². The van der Waals surface area contributed by atoms with Gasteiger partial charge in [-0.3, -0.25) is 4.79 Å². The molecule has 0 fully saturated rings. The van der Waals surface area contributed by atoms with Gasteiger partial charge in [-0.05, 0) is 6.92 Å². The number of hydrogen-bond acceptors (Lipinski definition) is 2. The Morgan fingerprint density at radius 2 is 2.25 bits per heavy atom. The van der Waals surface area contributed by atoms with Crippen molar-refractivity contribution in [3.63, 3.8) is 0 Å². The van der Waals surface area contributed by atoms with Gasteiger partial charge in [0.15, 0.2) is 0 Å². The number of hydrogen-bond donors (Lipinski definition) is 1. The topological polar surface area (TPSA) is 49.0 Å². The fraction of sp³-hybridized carbons (Fsp3) is 0.800. The van der Waals surface area contributed by atoms with Gasteiger partial charge in [-0.25, -0.2) is 5.11 Å². The van der Waals surface area contributed by atoms with E-state index in [1.807, 2.05) is 0 Å². The number of nitrogens with one attached hydrogen (secondary N) is 1. The van der Waals surface area contributed by atoms with Crippen LogP contribution in [0.5, 0.6) is 0 Å². The van der Waals surface area contributed by atoms with Gasteiger partial charge < -0.3 is 5.32 Å². The van der Waals surface area contributed by atoms with Crippen LogP contribution in [0.1, 0.15) is 6.92 Å². The molecular formula is C5H10NO2. The second-order valence-electron chi connectivity index (χ2n) is 1.58. The van der Waals surface area contributed by atoms with Crippen molar-refractivity contribution in [3.05, 3.63) is 0 Å². The zero-order valence-corrected chi connectivity index (χ0v) is 4.94. The molecule has 47 valence electrons. The third-order valence-electron chi connectivity index (χ3n) is 0.653. The molecule has 0 saturated heterocycles. The van der Waals surface area contributed by atoms with E-state index in [1.165, 1.54) is 6.92 Å². The van der Waals surface area contributed by atoms with Gasteiger partial charge >= 0.3 is 0 Å². The zero-order chi connectivity index (χ0) is 6.41. The third-order valence-corrected chi connectivity index (χ3v) is 0.653. The Bertz CT molecular complexity index is 72.8. The van der Waals surface area contributed by atoms with Crippen molar-refractivity contribution in [2.75, 3.05) is 19.7 Å². The largest absolute Gasteiger partial charge is 0.308 e. The van der Waals surface area contributed by atoms with Crippen molar-refractivity contribution in [2.45, 2.75) is 6.92 Å². The first-order chi connectivity index (χ1) is 3.77. The second kappa shape index (κ2) is 4.74. The van der Waals surface area contributed by atoms with Crippen LogP contribution in [0.3, 0.4) is 0 Å². The molecule has 0 saturated carbocycles.